The van der Waals surface area contributed by atoms with E-state index in [0.29, 0.717) is 11.3 Å². The minimum Gasteiger partial charge on any atom is -0.313 e. The Labute approximate surface area is 112 Å². The Morgan fingerprint density at radius 2 is 1.94 bits per heavy atom. The Balaban J connectivity index is 2.11. The third-order valence-corrected chi connectivity index (χ3v) is 3.75. The van der Waals surface area contributed by atoms with Crippen molar-refractivity contribution in [2.45, 2.75) is 37.1 Å². The second-order valence-electron chi connectivity index (χ2n) is 4.69. The van der Waals surface area contributed by atoms with Gasteiger partial charge in [-0.15, -0.1) is 11.8 Å². The zero-order valence-electron chi connectivity index (χ0n) is 11.1. The van der Waals surface area contributed by atoms with Crippen molar-refractivity contribution in [1.82, 2.24) is 15.3 Å². The molecule has 1 atom stereocenters. The molecule has 0 radical (unpaired) electrons. The van der Waals surface area contributed by atoms with Crippen molar-refractivity contribution in [3.8, 4) is 0 Å². The summed E-state index contributed by atoms with van der Waals surface area (Å²) in [7, 11) is 0. The molecule has 3 nitrogen and oxygen atoms in total. The van der Waals surface area contributed by atoms with Crippen molar-refractivity contribution < 1.29 is 0 Å². The topological polar surface area (TPSA) is 37.8 Å². The van der Waals surface area contributed by atoms with Crippen LogP contribution in [0.5, 0.6) is 0 Å². The number of rotatable bonds is 5. The molecule has 0 aliphatic rings. The fourth-order valence-electron chi connectivity index (χ4n) is 1.71. The number of thioether (sulfide) groups is 1. The highest BCUT2D eigenvalue weighted by Gasteiger charge is 2.09. The minimum atomic E-state index is 0.491. The Bertz CT molecular complexity index is 508. The number of nitrogens with zero attached hydrogens (tertiary/aromatic N) is 2. The maximum absolute atomic E-state index is 4.40. The largest absolute Gasteiger partial charge is 0.313 e. The summed E-state index contributed by atoms with van der Waals surface area (Å²) in [6.07, 6.45) is 1.65. The molecule has 0 aliphatic carbocycles. The van der Waals surface area contributed by atoms with Gasteiger partial charge in [0.25, 0.3) is 0 Å². The maximum Gasteiger partial charge on any atom is 0.117 e. The van der Waals surface area contributed by atoms with Crippen LogP contribution >= 0.6 is 11.8 Å². The van der Waals surface area contributed by atoms with E-state index < -0.39 is 0 Å². The first-order valence-electron chi connectivity index (χ1n) is 6.26. The molecule has 2 aromatic rings. The maximum atomic E-state index is 4.40. The van der Waals surface area contributed by atoms with E-state index in [1.807, 2.05) is 18.2 Å². The fraction of sp³-hybridized carbons (Fsp3) is 0.429. The highest BCUT2D eigenvalue weighted by molar-refractivity contribution is 8.00. The summed E-state index contributed by atoms with van der Waals surface area (Å²) >= 11 is 1.80. The monoisotopic (exact) mass is 261 g/mol. The second kappa shape index (κ2) is 6.16. The number of nitrogens with one attached hydrogen (secondary N) is 1. The molecular formula is C14H19N3S. The van der Waals surface area contributed by atoms with Crippen molar-refractivity contribution in [1.29, 1.82) is 0 Å². The van der Waals surface area contributed by atoms with Crippen LogP contribution in [0.4, 0.5) is 0 Å². The fourth-order valence-corrected chi connectivity index (χ4v) is 2.68. The summed E-state index contributed by atoms with van der Waals surface area (Å²) in [5.74, 6) is 0. The van der Waals surface area contributed by atoms with Crippen LogP contribution in [0.2, 0.25) is 0 Å². The van der Waals surface area contributed by atoms with Crippen molar-refractivity contribution in [3.05, 3.63) is 30.6 Å². The van der Waals surface area contributed by atoms with Gasteiger partial charge in [-0.1, -0.05) is 39.0 Å². The van der Waals surface area contributed by atoms with Gasteiger partial charge in [0, 0.05) is 23.2 Å². The lowest BCUT2D eigenvalue weighted by molar-refractivity contribution is 0.589. The van der Waals surface area contributed by atoms with Gasteiger partial charge in [0.05, 0.1) is 5.52 Å². The van der Waals surface area contributed by atoms with Gasteiger partial charge in [-0.05, 0) is 6.07 Å². The summed E-state index contributed by atoms with van der Waals surface area (Å²) in [5, 5.41) is 6.15. The van der Waals surface area contributed by atoms with Crippen molar-refractivity contribution in [3.63, 3.8) is 0 Å². The number of para-hydroxylation sites is 1. The highest BCUT2D eigenvalue weighted by Crippen LogP contribution is 2.27. The number of aromatic nitrogens is 2. The number of hydrogen-bond acceptors (Lipinski definition) is 4. The van der Waals surface area contributed by atoms with E-state index >= 15 is 0 Å². The van der Waals surface area contributed by atoms with Crippen LogP contribution in [0.1, 0.15) is 20.8 Å². The average molecular weight is 261 g/mol. The molecule has 0 amide bonds. The summed E-state index contributed by atoms with van der Waals surface area (Å²) in [4.78, 5) is 8.68. The summed E-state index contributed by atoms with van der Waals surface area (Å²) in [6, 6.07) is 8.67. The molecule has 1 unspecified atom stereocenters. The summed E-state index contributed by atoms with van der Waals surface area (Å²) in [5.41, 5.74) is 1.01. The van der Waals surface area contributed by atoms with E-state index in [9.17, 15) is 0 Å². The number of benzene rings is 1. The highest BCUT2D eigenvalue weighted by atomic mass is 32.2. The van der Waals surface area contributed by atoms with E-state index in [0.717, 1.165) is 22.5 Å². The third kappa shape index (κ3) is 3.43. The van der Waals surface area contributed by atoms with Crippen LogP contribution in [0.15, 0.2) is 35.6 Å². The third-order valence-electron chi connectivity index (χ3n) is 2.63. The van der Waals surface area contributed by atoms with E-state index in [2.05, 4.69) is 42.1 Å². The standard InChI is InChI=1S/C14H19N3S/c1-10(2)15-8-11(3)18-14-12-6-4-5-7-13(12)16-9-17-14/h4-7,9-11,15H,8H2,1-3H3. The summed E-state index contributed by atoms with van der Waals surface area (Å²) in [6.45, 7) is 7.53. The van der Waals surface area contributed by atoms with Crippen molar-refractivity contribution in [2.75, 3.05) is 6.54 Å². The molecular weight excluding hydrogens is 242 g/mol. The zero-order valence-corrected chi connectivity index (χ0v) is 11.9. The average Bonchev–Trinajstić information content (AvgIpc) is 2.37. The van der Waals surface area contributed by atoms with E-state index in [1.165, 1.54) is 0 Å². The molecule has 1 aromatic heterocycles. The molecule has 2 rings (SSSR count). The lowest BCUT2D eigenvalue weighted by atomic mass is 10.2. The smallest absolute Gasteiger partial charge is 0.117 e. The van der Waals surface area contributed by atoms with Crippen molar-refractivity contribution >= 4 is 22.7 Å². The SMILES string of the molecule is CC(C)NCC(C)Sc1ncnc2ccccc12. The van der Waals surface area contributed by atoms with Crippen LogP contribution in [0, 0.1) is 0 Å². The van der Waals surface area contributed by atoms with Gasteiger partial charge in [0.2, 0.25) is 0 Å². The Morgan fingerprint density at radius 3 is 2.72 bits per heavy atom. The van der Waals surface area contributed by atoms with Crippen molar-refractivity contribution in [2.24, 2.45) is 0 Å². The van der Waals surface area contributed by atoms with Gasteiger partial charge >= 0.3 is 0 Å². The van der Waals surface area contributed by atoms with E-state index in [4.69, 9.17) is 0 Å². The normalized spacial score (nSPS) is 13.1. The molecule has 96 valence electrons. The van der Waals surface area contributed by atoms with Crippen LogP contribution in [0.3, 0.4) is 0 Å². The quantitative estimate of drug-likeness (QED) is 0.663. The van der Waals surface area contributed by atoms with Crippen LogP contribution in [0.25, 0.3) is 10.9 Å². The van der Waals surface area contributed by atoms with Crippen LogP contribution in [-0.4, -0.2) is 27.8 Å². The van der Waals surface area contributed by atoms with E-state index in [1.54, 1.807) is 18.1 Å². The van der Waals surface area contributed by atoms with Crippen LogP contribution < -0.4 is 5.32 Å². The van der Waals surface area contributed by atoms with E-state index in [-0.39, 0.29) is 0 Å². The first-order valence-corrected chi connectivity index (χ1v) is 7.14. The van der Waals surface area contributed by atoms with Gasteiger partial charge < -0.3 is 5.32 Å². The molecule has 0 saturated heterocycles. The van der Waals surface area contributed by atoms with Crippen LogP contribution in [-0.2, 0) is 0 Å². The van der Waals surface area contributed by atoms with Gasteiger partial charge in [0.1, 0.15) is 11.4 Å². The predicted molar refractivity (Wildman–Crippen MR) is 78.0 cm³/mol. The molecule has 1 aromatic carbocycles. The first kappa shape index (κ1) is 13.3. The Kier molecular flexibility index (Phi) is 4.55. The van der Waals surface area contributed by atoms with Gasteiger partial charge in [0.15, 0.2) is 0 Å². The Hall–Kier alpha value is -1.13. The van der Waals surface area contributed by atoms with Gasteiger partial charge in [-0.2, -0.15) is 0 Å². The molecule has 0 fully saturated rings. The lowest BCUT2D eigenvalue weighted by Gasteiger charge is -2.14. The number of hydrogen-bond donors (Lipinski definition) is 1. The number of fused-ring (bicyclic) bond motifs is 1. The minimum absolute atomic E-state index is 0.491. The summed E-state index contributed by atoms with van der Waals surface area (Å²) < 4.78 is 0. The molecule has 0 aliphatic heterocycles. The predicted octanol–water partition coefficient (Wildman–Crippen LogP) is 3.11. The second-order valence-corrected chi connectivity index (χ2v) is 6.11. The van der Waals surface area contributed by atoms with Gasteiger partial charge in [-0.3, -0.25) is 0 Å². The molecule has 0 saturated carbocycles. The molecule has 0 bridgehead atoms. The molecule has 4 heteroatoms. The molecule has 0 spiro atoms. The van der Waals surface area contributed by atoms with Gasteiger partial charge in [-0.25, -0.2) is 9.97 Å². The first-order chi connectivity index (χ1) is 8.66. The Morgan fingerprint density at radius 1 is 1.17 bits per heavy atom. The lowest BCUT2D eigenvalue weighted by Crippen LogP contribution is -2.29. The zero-order chi connectivity index (χ0) is 13.0. The molecule has 18 heavy (non-hydrogen) atoms. The molecule has 1 N–H and O–H groups in total. The molecule has 1 heterocycles.